The van der Waals surface area contributed by atoms with Crippen molar-refractivity contribution in [2.45, 2.75) is 96.7 Å². The molecule has 4 aliphatic carbocycles. The van der Waals surface area contributed by atoms with E-state index < -0.39 is 5.60 Å². The summed E-state index contributed by atoms with van der Waals surface area (Å²) in [5.74, 6) is 1.44. The largest absolute Gasteiger partial charge is 0.463 e. The SMILES string of the molecule is CC(=O)O[C@H]1CC[C@@]2(C)[C@H](CC[C@@H]3[C@@H]2CC[C@]2(C)[C@@H](CC[N+](=O)[O-])CC[C@]32O)C1. The van der Waals surface area contributed by atoms with E-state index in [2.05, 4.69) is 13.8 Å². The maximum atomic E-state index is 12.0. The van der Waals surface area contributed by atoms with Crippen LogP contribution in [0.3, 0.4) is 0 Å². The molecule has 0 spiro atoms. The van der Waals surface area contributed by atoms with Gasteiger partial charge in [-0.05, 0) is 92.3 Å². The minimum Gasteiger partial charge on any atom is -0.463 e. The zero-order valence-electron chi connectivity index (χ0n) is 18.2. The van der Waals surface area contributed by atoms with Crippen LogP contribution in [-0.4, -0.2) is 34.2 Å². The number of rotatable bonds is 4. The van der Waals surface area contributed by atoms with Crippen molar-refractivity contribution in [2.75, 3.05) is 6.54 Å². The Morgan fingerprint density at radius 3 is 2.55 bits per heavy atom. The van der Waals surface area contributed by atoms with Gasteiger partial charge in [0.05, 0.1) is 5.60 Å². The molecule has 29 heavy (non-hydrogen) atoms. The highest BCUT2D eigenvalue weighted by molar-refractivity contribution is 5.66. The molecule has 4 rings (SSSR count). The summed E-state index contributed by atoms with van der Waals surface area (Å²) in [4.78, 5) is 22.1. The lowest BCUT2D eigenvalue weighted by atomic mass is 9.43. The number of ether oxygens (including phenoxy) is 1. The molecule has 0 radical (unpaired) electrons. The van der Waals surface area contributed by atoms with E-state index >= 15 is 0 Å². The van der Waals surface area contributed by atoms with Crippen molar-refractivity contribution in [3.63, 3.8) is 0 Å². The number of hydrogen-bond donors (Lipinski definition) is 1. The molecule has 0 heterocycles. The second-order valence-corrected chi connectivity index (χ2v) is 11.0. The average Bonchev–Trinajstić information content (AvgIpc) is 2.91. The first kappa shape index (κ1) is 21.1. The molecule has 6 nitrogen and oxygen atoms in total. The standard InChI is InChI=1S/C23H37NO5/c1-15(25)29-18-7-10-21(2)17(14-18)4-5-20-19(21)8-11-22(3)16(9-13-24(27)28)6-12-23(20,22)26/h16-20,26H,4-14H2,1-3H3/t16-,17-,18+,19+,20-,21+,22-,23+/m1/s1. The highest BCUT2D eigenvalue weighted by atomic mass is 16.6. The summed E-state index contributed by atoms with van der Waals surface area (Å²) in [5.41, 5.74) is -0.671. The van der Waals surface area contributed by atoms with Crippen LogP contribution in [0.1, 0.15) is 85.0 Å². The van der Waals surface area contributed by atoms with Gasteiger partial charge in [0.2, 0.25) is 6.54 Å². The first-order valence-corrected chi connectivity index (χ1v) is 11.6. The summed E-state index contributed by atoms with van der Waals surface area (Å²) < 4.78 is 5.54. The van der Waals surface area contributed by atoms with Crippen LogP contribution >= 0.6 is 0 Å². The summed E-state index contributed by atoms with van der Waals surface area (Å²) in [6.45, 7) is 6.15. The molecule has 6 heteroatoms. The first-order chi connectivity index (χ1) is 13.6. The minimum atomic E-state index is -0.683. The fourth-order valence-corrected chi connectivity index (χ4v) is 8.36. The molecule has 4 fully saturated rings. The van der Waals surface area contributed by atoms with Crippen molar-refractivity contribution in [3.8, 4) is 0 Å². The van der Waals surface area contributed by atoms with E-state index in [1.165, 1.54) is 6.92 Å². The quantitative estimate of drug-likeness (QED) is 0.425. The van der Waals surface area contributed by atoms with Gasteiger partial charge in [-0.25, -0.2) is 0 Å². The lowest BCUT2D eigenvalue weighted by Gasteiger charge is -2.63. The number of hydrogen-bond acceptors (Lipinski definition) is 5. The maximum absolute atomic E-state index is 12.0. The second-order valence-electron chi connectivity index (χ2n) is 11.0. The molecule has 0 aromatic heterocycles. The van der Waals surface area contributed by atoms with E-state index in [-0.39, 0.29) is 40.3 Å². The molecule has 164 valence electrons. The van der Waals surface area contributed by atoms with E-state index in [0.29, 0.717) is 24.2 Å². The van der Waals surface area contributed by atoms with Gasteiger partial charge in [-0.3, -0.25) is 14.9 Å². The van der Waals surface area contributed by atoms with Gasteiger partial charge < -0.3 is 9.84 Å². The van der Waals surface area contributed by atoms with Gasteiger partial charge in [0.15, 0.2) is 0 Å². The predicted molar refractivity (Wildman–Crippen MR) is 109 cm³/mol. The Bertz CT molecular complexity index is 682. The van der Waals surface area contributed by atoms with E-state index in [4.69, 9.17) is 4.74 Å². The second kappa shape index (κ2) is 7.21. The number of carbonyl (C=O) groups is 1. The summed E-state index contributed by atoms with van der Waals surface area (Å²) in [6.07, 6.45) is 9.52. The zero-order chi connectivity index (χ0) is 21.0. The fraction of sp³-hybridized carbons (Fsp3) is 0.957. The van der Waals surface area contributed by atoms with Crippen LogP contribution < -0.4 is 0 Å². The van der Waals surface area contributed by atoms with Gasteiger partial charge in [0.1, 0.15) is 6.10 Å². The van der Waals surface area contributed by atoms with E-state index in [1.807, 2.05) is 0 Å². The summed E-state index contributed by atoms with van der Waals surface area (Å²) in [6, 6.07) is 0. The Balaban J connectivity index is 1.53. The van der Waals surface area contributed by atoms with E-state index in [1.54, 1.807) is 0 Å². The molecule has 8 atom stereocenters. The lowest BCUT2D eigenvalue weighted by Crippen LogP contribution is -2.62. The van der Waals surface area contributed by atoms with Crippen LogP contribution in [0, 0.1) is 44.6 Å². The fourth-order valence-electron chi connectivity index (χ4n) is 8.36. The minimum absolute atomic E-state index is 0.0156. The third-order valence-corrected chi connectivity index (χ3v) is 9.99. The molecule has 0 saturated heterocycles. The van der Waals surface area contributed by atoms with Crippen LogP contribution in [0.5, 0.6) is 0 Å². The van der Waals surface area contributed by atoms with Gasteiger partial charge in [0.25, 0.3) is 0 Å². The first-order valence-electron chi connectivity index (χ1n) is 11.6. The molecule has 1 N–H and O–H groups in total. The zero-order valence-corrected chi connectivity index (χ0v) is 18.2. The molecular weight excluding hydrogens is 370 g/mol. The van der Waals surface area contributed by atoms with Crippen LogP contribution in [0.2, 0.25) is 0 Å². The number of carbonyl (C=O) groups excluding carboxylic acids is 1. The predicted octanol–water partition coefficient (Wildman–Crippen LogP) is 4.36. The van der Waals surface area contributed by atoms with Crippen LogP contribution in [0.15, 0.2) is 0 Å². The van der Waals surface area contributed by atoms with Crippen LogP contribution in [0.25, 0.3) is 0 Å². The van der Waals surface area contributed by atoms with Crippen molar-refractivity contribution < 1.29 is 19.6 Å². The molecule has 0 aromatic rings. The van der Waals surface area contributed by atoms with Crippen molar-refractivity contribution >= 4 is 5.97 Å². The smallest absolute Gasteiger partial charge is 0.302 e. The molecular formula is C23H37NO5. The van der Waals surface area contributed by atoms with E-state index in [9.17, 15) is 20.0 Å². The van der Waals surface area contributed by atoms with Crippen LogP contribution in [-0.2, 0) is 9.53 Å². The number of nitro groups is 1. The topological polar surface area (TPSA) is 89.7 Å². The normalized spacial score (nSPS) is 48.9. The summed E-state index contributed by atoms with van der Waals surface area (Å²) in [7, 11) is 0. The lowest BCUT2D eigenvalue weighted by molar-refractivity contribution is -0.482. The van der Waals surface area contributed by atoms with Gasteiger partial charge in [-0.2, -0.15) is 0 Å². The Morgan fingerprint density at radius 2 is 1.86 bits per heavy atom. The molecule has 4 saturated carbocycles. The Hall–Kier alpha value is -1.17. The van der Waals surface area contributed by atoms with Gasteiger partial charge in [0, 0.05) is 18.3 Å². The number of fused-ring (bicyclic) bond motifs is 5. The Labute approximate surface area is 173 Å². The maximum Gasteiger partial charge on any atom is 0.302 e. The van der Waals surface area contributed by atoms with Gasteiger partial charge in [-0.1, -0.05) is 13.8 Å². The van der Waals surface area contributed by atoms with Crippen LogP contribution in [0.4, 0.5) is 0 Å². The third kappa shape index (κ3) is 3.21. The molecule has 0 unspecified atom stereocenters. The van der Waals surface area contributed by atoms with Crippen molar-refractivity contribution in [2.24, 2.45) is 34.5 Å². The van der Waals surface area contributed by atoms with E-state index in [0.717, 1.165) is 57.8 Å². The molecule has 0 bridgehead atoms. The Morgan fingerprint density at radius 1 is 1.10 bits per heavy atom. The molecule has 0 aromatic carbocycles. The monoisotopic (exact) mass is 407 g/mol. The number of nitrogens with zero attached hydrogens (tertiary/aromatic N) is 1. The van der Waals surface area contributed by atoms with Gasteiger partial charge >= 0.3 is 5.97 Å². The average molecular weight is 408 g/mol. The van der Waals surface area contributed by atoms with Crippen molar-refractivity contribution in [1.82, 2.24) is 0 Å². The summed E-state index contributed by atoms with van der Waals surface area (Å²) in [5, 5.41) is 23.0. The highest BCUT2D eigenvalue weighted by Crippen LogP contribution is 2.69. The molecule has 4 aliphatic rings. The number of aliphatic hydroxyl groups is 1. The highest BCUT2D eigenvalue weighted by Gasteiger charge is 2.67. The number of esters is 1. The summed E-state index contributed by atoms with van der Waals surface area (Å²) >= 11 is 0. The van der Waals surface area contributed by atoms with Gasteiger partial charge in [-0.15, -0.1) is 0 Å². The van der Waals surface area contributed by atoms with Crippen molar-refractivity contribution in [1.29, 1.82) is 0 Å². The third-order valence-electron chi connectivity index (χ3n) is 9.99. The Kier molecular flexibility index (Phi) is 5.24. The van der Waals surface area contributed by atoms with Crippen molar-refractivity contribution in [3.05, 3.63) is 10.1 Å². The molecule has 0 aliphatic heterocycles. The molecule has 0 amide bonds.